The summed E-state index contributed by atoms with van der Waals surface area (Å²) in [5.74, 6) is -8.83. The summed E-state index contributed by atoms with van der Waals surface area (Å²) < 4.78 is 93.9. The third-order valence-corrected chi connectivity index (χ3v) is 5.24. The molecule has 12 heteroatoms. The van der Waals surface area contributed by atoms with Crippen molar-refractivity contribution in [3.63, 3.8) is 0 Å². The molecule has 0 aliphatic rings. The molecule has 2 unspecified atom stereocenters. The molecular formula is C24H16F7NO4. The summed E-state index contributed by atoms with van der Waals surface area (Å²) in [6.45, 7) is 0. The van der Waals surface area contributed by atoms with Gasteiger partial charge in [-0.3, -0.25) is 9.59 Å². The lowest BCUT2D eigenvalue weighted by molar-refractivity contribution is -0.141. The van der Waals surface area contributed by atoms with Gasteiger partial charge in [0, 0.05) is 6.07 Å². The van der Waals surface area contributed by atoms with Crippen molar-refractivity contribution in [2.24, 2.45) is 0 Å². The number of aliphatic carboxylic acids is 1. The molecule has 0 spiro atoms. The fraction of sp³-hybridized carbons (Fsp3) is 0.167. The van der Waals surface area contributed by atoms with Gasteiger partial charge in [0.25, 0.3) is 0 Å². The number of phenolic OH excluding ortho intramolecular Hbond substituents is 1. The maximum absolute atomic E-state index is 14.2. The van der Waals surface area contributed by atoms with Crippen LogP contribution in [0.5, 0.6) is 5.75 Å². The van der Waals surface area contributed by atoms with Crippen LogP contribution >= 0.6 is 0 Å². The van der Waals surface area contributed by atoms with Crippen LogP contribution < -0.4 is 5.32 Å². The fourth-order valence-electron chi connectivity index (χ4n) is 3.61. The zero-order valence-electron chi connectivity index (χ0n) is 17.9. The van der Waals surface area contributed by atoms with Crippen LogP contribution in [0, 0.1) is 5.82 Å². The molecule has 0 bridgehead atoms. The van der Waals surface area contributed by atoms with E-state index in [1.807, 2.05) is 5.32 Å². The molecule has 36 heavy (non-hydrogen) atoms. The van der Waals surface area contributed by atoms with E-state index in [9.17, 15) is 50.5 Å². The summed E-state index contributed by atoms with van der Waals surface area (Å²) in [6, 6.07) is 8.55. The number of alkyl halides is 6. The Labute approximate surface area is 198 Å². The zero-order chi connectivity index (χ0) is 26.8. The minimum absolute atomic E-state index is 0.474. The highest BCUT2D eigenvalue weighted by Crippen LogP contribution is 2.40. The van der Waals surface area contributed by atoms with Crippen molar-refractivity contribution >= 4 is 17.6 Å². The van der Waals surface area contributed by atoms with Crippen LogP contribution in [-0.2, 0) is 21.9 Å². The number of rotatable bonds is 6. The van der Waals surface area contributed by atoms with E-state index in [0.717, 1.165) is 42.5 Å². The Balaban J connectivity index is 2.19. The third kappa shape index (κ3) is 5.93. The summed E-state index contributed by atoms with van der Waals surface area (Å²) >= 11 is 0. The van der Waals surface area contributed by atoms with Gasteiger partial charge in [0.05, 0.1) is 28.7 Å². The topological polar surface area (TPSA) is 86.6 Å². The minimum Gasteiger partial charge on any atom is -0.508 e. The molecule has 3 rings (SSSR count). The van der Waals surface area contributed by atoms with E-state index in [2.05, 4.69) is 0 Å². The number of aromatic hydroxyl groups is 1. The van der Waals surface area contributed by atoms with Crippen LogP contribution in [-0.4, -0.2) is 22.1 Å². The second-order valence-electron chi connectivity index (χ2n) is 7.69. The Kier molecular flexibility index (Phi) is 7.27. The van der Waals surface area contributed by atoms with E-state index < -0.39 is 75.6 Å². The number of anilines is 1. The molecule has 3 aromatic rings. The summed E-state index contributed by atoms with van der Waals surface area (Å²) in [5, 5.41) is 21.5. The maximum atomic E-state index is 14.2. The quantitative estimate of drug-likeness (QED) is 0.344. The molecule has 0 radical (unpaired) electrons. The molecule has 3 aromatic carbocycles. The number of halogens is 7. The number of hydrogen-bond donors (Lipinski definition) is 3. The number of nitrogens with one attached hydrogen (secondary N) is 1. The van der Waals surface area contributed by atoms with Gasteiger partial charge in [-0.15, -0.1) is 0 Å². The number of amides is 1. The minimum atomic E-state index is -4.89. The van der Waals surface area contributed by atoms with Crippen LogP contribution in [0.15, 0.2) is 66.7 Å². The van der Waals surface area contributed by atoms with Crippen molar-refractivity contribution in [3.05, 3.63) is 94.8 Å². The molecule has 0 heterocycles. The normalized spacial score (nSPS) is 13.6. The van der Waals surface area contributed by atoms with Gasteiger partial charge in [-0.2, -0.15) is 26.3 Å². The lowest BCUT2D eigenvalue weighted by atomic mass is 9.79. The molecule has 1 amide bonds. The van der Waals surface area contributed by atoms with E-state index in [-0.39, 0.29) is 0 Å². The van der Waals surface area contributed by atoms with Crippen LogP contribution in [0.25, 0.3) is 0 Å². The van der Waals surface area contributed by atoms with Crippen molar-refractivity contribution in [1.82, 2.24) is 0 Å². The molecule has 0 fully saturated rings. The number of carbonyl (C=O) groups excluding carboxylic acids is 1. The molecular weight excluding hydrogens is 499 g/mol. The lowest BCUT2D eigenvalue weighted by Crippen LogP contribution is -2.31. The Hall–Kier alpha value is -4.09. The number of carboxylic acid groups (broad SMARTS) is 1. The number of phenols is 1. The van der Waals surface area contributed by atoms with E-state index in [0.29, 0.717) is 24.3 Å². The summed E-state index contributed by atoms with van der Waals surface area (Å²) in [4.78, 5) is 25.5. The molecule has 0 saturated carbocycles. The monoisotopic (exact) mass is 515 g/mol. The number of hydrogen-bond acceptors (Lipinski definition) is 3. The first-order valence-electron chi connectivity index (χ1n) is 10.0. The van der Waals surface area contributed by atoms with Crippen molar-refractivity contribution < 1.29 is 50.5 Å². The van der Waals surface area contributed by atoms with Crippen molar-refractivity contribution in [2.45, 2.75) is 24.2 Å². The van der Waals surface area contributed by atoms with Crippen molar-refractivity contribution in [3.8, 4) is 5.75 Å². The zero-order valence-corrected chi connectivity index (χ0v) is 17.9. The molecule has 5 nitrogen and oxygen atoms in total. The first kappa shape index (κ1) is 26.5. The Morgan fingerprint density at radius 3 is 1.72 bits per heavy atom. The maximum Gasteiger partial charge on any atom is 0.416 e. The average molecular weight is 515 g/mol. The predicted molar refractivity (Wildman–Crippen MR) is 113 cm³/mol. The van der Waals surface area contributed by atoms with Gasteiger partial charge in [0.1, 0.15) is 11.6 Å². The Morgan fingerprint density at radius 2 is 1.25 bits per heavy atom. The Morgan fingerprint density at radius 1 is 0.750 bits per heavy atom. The summed E-state index contributed by atoms with van der Waals surface area (Å²) in [7, 11) is 0. The van der Waals surface area contributed by atoms with Crippen LogP contribution in [0.3, 0.4) is 0 Å². The lowest BCUT2D eigenvalue weighted by Gasteiger charge is -2.25. The van der Waals surface area contributed by atoms with Gasteiger partial charge >= 0.3 is 18.3 Å². The fourth-order valence-corrected chi connectivity index (χ4v) is 3.61. The second kappa shape index (κ2) is 9.88. The van der Waals surface area contributed by atoms with E-state index >= 15 is 0 Å². The van der Waals surface area contributed by atoms with Crippen molar-refractivity contribution in [1.29, 1.82) is 0 Å². The second-order valence-corrected chi connectivity index (χ2v) is 7.69. The molecule has 190 valence electrons. The smallest absolute Gasteiger partial charge is 0.416 e. The highest BCUT2D eigenvalue weighted by atomic mass is 19.4. The van der Waals surface area contributed by atoms with Gasteiger partial charge in [0.15, 0.2) is 0 Å². The molecule has 0 aliphatic carbocycles. The van der Waals surface area contributed by atoms with Gasteiger partial charge < -0.3 is 15.5 Å². The average Bonchev–Trinajstić information content (AvgIpc) is 2.78. The highest BCUT2D eigenvalue weighted by Gasteiger charge is 2.40. The first-order chi connectivity index (χ1) is 16.7. The standard InChI is InChI=1S/C24H16F7NO4/c25-17-8-7-16(33)11-18(17)32-21(34)19(12-3-1-5-14(9-12)23(26,27)28)20(22(35)36)13-4-2-6-15(10-13)24(29,30)31/h1-11,19-20,33H,(H,32,34)(H,35,36). The summed E-state index contributed by atoms with van der Waals surface area (Å²) in [5.41, 5.74) is -4.12. The SMILES string of the molecule is O=C(O)C(c1cccc(C(F)(F)F)c1)C(C(=O)Nc1cc(O)ccc1F)c1cccc(C(F)(F)F)c1. The predicted octanol–water partition coefficient (Wildman–Crippen LogP) is 6.16. The van der Waals surface area contributed by atoms with Crippen LogP contribution in [0.1, 0.15) is 34.1 Å². The van der Waals surface area contributed by atoms with Gasteiger partial charge in [0.2, 0.25) is 5.91 Å². The molecule has 3 N–H and O–H groups in total. The molecule has 0 saturated heterocycles. The van der Waals surface area contributed by atoms with Crippen LogP contribution in [0.2, 0.25) is 0 Å². The molecule has 0 aromatic heterocycles. The van der Waals surface area contributed by atoms with Gasteiger partial charge in [-0.05, 0) is 35.4 Å². The third-order valence-electron chi connectivity index (χ3n) is 5.24. The number of benzene rings is 3. The number of carboxylic acids is 1. The molecule has 0 aliphatic heterocycles. The van der Waals surface area contributed by atoms with E-state index in [4.69, 9.17) is 0 Å². The molecule has 2 atom stereocenters. The largest absolute Gasteiger partial charge is 0.508 e. The Bertz CT molecular complexity index is 1290. The number of carbonyl (C=O) groups is 2. The first-order valence-corrected chi connectivity index (χ1v) is 10.0. The van der Waals surface area contributed by atoms with E-state index in [1.54, 1.807) is 0 Å². The van der Waals surface area contributed by atoms with Gasteiger partial charge in [-0.25, -0.2) is 4.39 Å². The van der Waals surface area contributed by atoms with Crippen LogP contribution in [0.4, 0.5) is 36.4 Å². The van der Waals surface area contributed by atoms with Crippen molar-refractivity contribution in [2.75, 3.05) is 5.32 Å². The summed E-state index contributed by atoms with van der Waals surface area (Å²) in [6.07, 6.45) is -9.76. The highest BCUT2D eigenvalue weighted by molar-refractivity contribution is 6.00. The van der Waals surface area contributed by atoms with Gasteiger partial charge in [-0.1, -0.05) is 36.4 Å². The van der Waals surface area contributed by atoms with E-state index in [1.165, 1.54) is 0 Å².